The first kappa shape index (κ1) is 31.1. The van der Waals surface area contributed by atoms with Crippen molar-refractivity contribution in [3.63, 3.8) is 0 Å². The van der Waals surface area contributed by atoms with E-state index < -0.39 is 16.9 Å². The minimum atomic E-state index is -0.843. The second-order valence-electron chi connectivity index (χ2n) is 10.2. The number of aryl methyl sites for hydroxylation is 1. The van der Waals surface area contributed by atoms with E-state index in [1.807, 2.05) is 32.0 Å². The van der Waals surface area contributed by atoms with E-state index in [1.165, 1.54) is 29.1 Å². The van der Waals surface area contributed by atoms with Gasteiger partial charge in [-0.25, -0.2) is 9.79 Å². The molecule has 0 unspecified atom stereocenters. The summed E-state index contributed by atoms with van der Waals surface area (Å²) in [5, 5.41) is 11.6. The molecule has 2 aromatic carbocycles. The minimum Gasteiger partial charge on any atom is -0.496 e. The Balaban J connectivity index is 1.69. The van der Waals surface area contributed by atoms with Crippen LogP contribution in [0.5, 0.6) is 5.75 Å². The van der Waals surface area contributed by atoms with Gasteiger partial charge in [0, 0.05) is 33.3 Å². The lowest BCUT2D eigenvalue weighted by Crippen LogP contribution is -2.40. The Kier molecular flexibility index (Phi) is 9.02. The molecule has 10 nitrogen and oxygen atoms in total. The Morgan fingerprint density at radius 3 is 2.66 bits per heavy atom. The zero-order chi connectivity index (χ0) is 31.7. The minimum absolute atomic E-state index is 0.00882. The van der Waals surface area contributed by atoms with Crippen LogP contribution in [0.25, 0.3) is 17.4 Å². The van der Waals surface area contributed by atoms with Crippen molar-refractivity contribution in [2.75, 3.05) is 13.7 Å². The van der Waals surface area contributed by atoms with Gasteiger partial charge in [0.25, 0.3) is 11.2 Å². The number of allylic oxidation sites excluding steroid dienone is 1. The van der Waals surface area contributed by atoms with E-state index in [2.05, 4.69) is 15.9 Å². The van der Waals surface area contributed by atoms with Crippen LogP contribution in [0.1, 0.15) is 55.2 Å². The fourth-order valence-corrected chi connectivity index (χ4v) is 6.60. The summed E-state index contributed by atoms with van der Waals surface area (Å²) in [7, 11) is 1.54. The molecule has 2 aromatic heterocycles. The highest BCUT2D eigenvalue weighted by Gasteiger charge is 2.36. The third kappa shape index (κ3) is 5.79. The molecular weight excluding hydrogens is 650 g/mol. The van der Waals surface area contributed by atoms with Gasteiger partial charge in [0.2, 0.25) is 0 Å². The third-order valence-corrected chi connectivity index (χ3v) is 8.88. The largest absolute Gasteiger partial charge is 0.496 e. The Hall–Kier alpha value is -4.29. The van der Waals surface area contributed by atoms with E-state index in [4.69, 9.17) is 18.9 Å². The van der Waals surface area contributed by atoms with Crippen molar-refractivity contribution >= 4 is 45.0 Å². The Bertz CT molecular complexity index is 2000. The number of esters is 1. The number of hydrogen-bond acceptors (Lipinski definition) is 9. The van der Waals surface area contributed by atoms with Crippen LogP contribution in [-0.2, 0) is 9.53 Å². The zero-order valence-electron chi connectivity index (χ0n) is 24.8. The first-order valence-electron chi connectivity index (χ1n) is 14.0. The van der Waals surface area contributed by atoms with Crippen LogP contribution in [-0.4, -0.2) is 29.2 Å². The van der Waals surface area contributed by atoms with E-state index in [1.54, 1.807) is 38.1 Å². The first-order valence-corrected chi connectivity index (χ1v) is 15.6. The summed E-state index contributed by atoms with van der Waals surface area (Å²) in [6.45, 7) is 7.41. The summed E-state index contributed by atoms with van der Waals surface area (Å²) in [6.07, 6.45) is 2.85. The Labute approximate surface area is 265 Å². The van der Waals surface area contributed by atoms with Gasteiger partial charge in [-0.3, -0.25) is 19.5 Å². The number of nitrogens with zero attached hydrogens (tertiary/aromatic N) is 3. The number of fused-ring (bicyclic) bond motifs is 1. The summed E-state index contributed by atoms with van der Waals surface area (Å²) in [5.74, 6) is 0.785. The number of methoxy groups -OCH3 is 1. The van der Waals surface area contributed by atoms with E-state index in [0.717, 1.165) is 16.5 Å². The fourth-order valence-electron chi connectivity index (χ4n) is 5.22. The summed E-state index contributed by atoms with van der Waals surface area (Å²) in [6, 6.07) is 11.3. The van der Waals surface area contributed by atoms with Crippen LogP contribution in [0.4, 0.5) is 5.69 Å². The molecule has 0 saturated carbocycles. The quantitative estimate of drug-likeness (QED) is 0.118. The van der Waals surface area contributed by atoms with E-state index in [9.17, 15) is 19.7 Å². The number of furan rings is 1. The number of carbonyl (C=O) groups is 1. The van der Waals surface area contributed by atoms with Gasteiger partial charge in [-0.2, -0.15) is 0 Å². The molecule has 0 amide bonds. The number of ether oxygens (including phenoxy) is 2. The topological polar surface area (TPSA) is 126 Å². The maximum absolute atomic E-state index is 14.1. The molecule has 0 aliphatic carbocycles. The number of aromatic nitrogens is 1. The van der Waals surface area contributed by atoms with Crippen LogP contribution in [0.2, 0.25) is 0 Å². The molecule has 0 spiro atoms. The normalized spacial score (nSPS) is 14.8. The van der Waals surface area contributed by atoms with Crippen LogP contribution >= 0.6 is 27.3 Å². The van der Waals surface area contributed by atoms with Crippen molar-refractivity contribution < 1.29 is 23.6 Å². The number of carbonyl (C=O) groups excluding carboxylic acids is 1. The van der Waals surface area contributed by atoms with Crippen molar-refractivity contribution in [1.82, 2.24) is 4.57 Å². The van der Waals surface area contributed by atoms with Gasteiger partial charge < -0.3 is 13.9 Å². The van der Waals surface area contributed by atoms with Crippen molar-refractivity contribution in [1.29, 1.82) is 0 Å². The fraction of sp³-hybridized carbons (Fsp3) is 0.281. The van der Waals surface area contributed by atoms with Gasteiger partial charge in [0.15, 0.2) is 4.80 Å². The second kappa shape index (κ2) is 12.7. The predicted molar refractivity (Wildman–Crippen MR) is 171 cm³/mol. The van der Waals surface area contributed by atoms with Gasteiger partial charge in [-0.15, -0.1) is 0 Å². The van der Waals surface area contributed by atoms with Crippen LogP contribution in [0.15, 0.2) is 72.4 Å². The van der Waals surface area contributed by atoms with Crippen molar-refractivity contribution in [3.8, 4) is 17.1 Å². The highest BCUT2D eigenvalue weighted by Crippen LogP contribution is 2.38. The molecule has 0 saturated heterocycles. The third-order valence-electron chi connectivity index (χ3n) is 7.40. The van der Waals surface area contributed by atoms with Gasteiger partial charge in [-0.1, -0.05) is 40.6 Å². The van der Waals surface area contributed by atoms with E-state index in [-0.39, 0.29) is 17.9 Å². The summed E-state index contributed by atoms with van der Waals surface area (Å²) < 4.78 is 19.8. The average molecular weight is 681 g/mol. The first-order chi connectivity index (χ1) is 21.1. The smallest absolute Gasteiger partial charge is 0.338 e. The van der Waals surface area contributed by atoms with Gasteiger partial charge >= 0.3 is 5.97 Å². The highest BCUT2D eigenvalue weighted by atomic mass is 79.9. The standard InChI is InChI=1S/C32H30BrN3O7S/c1-6-8-23-28(31(38)42-7-2)29(22-15-20(33)9-11-26(22)41-5)35-30(37)27(44-32(35)34-23)16-21-10-12-25(43-21)19-13-17(3)18(4)24(14-19)36(39)40/h9-16,29H,6-8H2,1-5H3/b27-16+/t29-/m1/s1. The van der Waals surface area contributed by atoms with Crippen LogP contribution in [0.3, 0.4) is 0 Å². The molecule has 1 aliphatic rings. The Morgan fingerprint density at radius 1 is 1.20 bits per heavy atom. The lowest BCUT2D eigenvalue weighted by atomic mass is 9.93. The average Bonchev–Trinajstić information content (AvgIpc) is 3.58. The molecule has 228 valence electrons. The van der Waals surface area contributed by atoms with Crippen LogP contribution in [0, 0.1) is 24.0 Å². The molecule has 0 fully saturated rings. The van der Waals surface area contributed by atoms with E-state index >= 15 is 0 Å². The number of hydrogen-bond donors (Lipinski definition) is 0. The molecular formula is C32H30BrN3O7S. The molecule has 1 aliphatic heterocycles. The van der Waals surface area contributed by atoms with Crippen LogP contribution < -0.4 is 19.6 Å². The summed E-state index contributed by atoms with van der Waals surface area (Å²) >= 11 is 4.71. The second-order valence-corrected chi connectivity index (χ2v) is 12.1. The summed E-state index contributed by atoms with van der Waals surface area (Å²) in [5.41, 5.74) is 3.02. The SMILES string of the molecule is CCCC1=C(C(=O)OCC)[C@@H](c2cc(Br)ccc2OC)n2c(s/c(=C/c3ccc(-c4cc(C)c(C)c([N+](=O)[O-])c4)o3)c2=O)=N1. The van der Waals surface area contributed by atoms with Crippen molar-refractivity contribution in [3.05, 3.63) is 110 Å². The number of halogens is 1. The number of thiazole rings is 1. The van der Waals surface area contributed by atoms with Gasteiger partial charge in [0.1, 0.15) is 23.3 Å². The molecule has 1 atom stereocenters. The van der Waals surface area contributed by atoms with Crippen molar-refractivity contribution in [2.45, 2.75) is 46.6 Å². The molecule has 0 N–H and O–H groups in total. The number of rotatable bonds is 9. The molecule has 0 radical (unpaired) electrons. The molecule has 44 heavy (non-hydrogen) atoms. The maximum Gasteiger partial charge on any atom is 0.338 e. The van der Waals surface area contributed by atoms with E-state index in [0.29, 0.717) is 61.0 Å². The summed E-state index contributed by atoms with van der Waals surface area (Å²) in [4.78, 5) is 43.9. The molecule has 3 heterocycles. The maximum atomic E-state index is 14.1. The number of nitro benzene ring substituents is 1. The van der Waals surface area contributed by atoms with Gasteiger partial charge in [-0.05, 0) is 69.2 Å². The molecule has 12 heteroatoms. The van der Waals surface area contributed by atoms with Crippen molar-refractivity contribution in [2.24, 2.45) is 4.99 Å². The lowest BCUT2D eigenvalue weighted by Gasteiger charge is -2.27. The Morgan fingerprint density at radius 2 is 1.98 bits per heavy atom. The molecule has 4 aromatic rings. The monoisotopic (exact) mass is 679 g/mol. The molecule has 0 bridgehead atoms. The number of nitro groups is 1. The lowest BCUT2D eigenvalue weighted by molar-refractivity contribution is -0.385. The predicted octanol–water partition coefficient (Wildman–Crippen LogP) is 6.13. The van der Waals surface area contributed by atoms with Gasteiger partial charge in [0.05, 0.1) is 34.4 Å². The molecule has 5 rings (SSSR count). The number of benzene rings is 2. The highest BCUT2D eigenvalue weighted by molar-refractivity contribution is 9.10. The zero-order valence-corrected chi connectivity index (χ0v) is 27.2.